The quantitative estimate of drug-likeness (QED) is 0.159. The number of allylic oxidation sites excluding steroid dienone is 2. The summed E-state index contributed by atoms with van der Waals surface area (Å²) in [6.45, 7) is 2.38. The van der Waals surface area contributed by atoms with Crippen molar-refractivity contribution in [3.8, 4) is 0 Å². The third kappa shape index (κ3) is 13.2. The van der Waals surface area contributed by atoms with Crippen LogP contribution in [-0.2, 0) is 19.1 Å². The van der Waals surface area contributed by atoms with Crippen LogP contribution in [-0.4, -0.2) is 50.2 Å². The first-order chi connectivity index (χ1) is 15.4. The first kappa shape index (κ1) is 34.6. The van der Waals surface area contributed by atoms with E-state index in [0.717, 1.165) is 37.0 Å². The predicted molar refractivity (Wildman–Crippen MR) is 122 cm³/mol. The summed E-state index contributed by atoms with van der Waals surface area (Å²) < 4.78 is 5.28. The van der Waals surface area contributed by atoms with E-state index in [1.165, 1.54) is 6.92 Å². The van der Waals surface area contributed by atoms with Crippen molar-refractivity contribution in [1.82, 2.24) is 5.32 Å². The number of Topliss-reactive ketones (excluding diaryl/α,β-unsaturated/α-hetero) is 2. The van der Waals surface area contributed by atoms with E-state index in [1.54, 1.807) is 24.3 Å². The number of carbonyl (C=O) groups is 4. The average molecular weight is 612 g/mol. The smallest absolute Gasteiger partial charge is 0.651 e. The van der Waals surface area contributed by atoms with Crippen molar-refractivity contribution in [2.45, 2.75) is 51.9 Å². The molecule has 34 heavy (non-hydrogen) atoms. The number of hydrogen-bond acceptors (Lipinski definition) is 6. The largest absolute Gasteiger partial charge is 1.00 e. The van der Waals surface area contributed by atoms with Gasteiger partial charge >= 0.3 is 116 Å². The van der Waals surface area contributed by atoms with Gasteiger partial charge in [-0.15, -0.1) is 12.2 Å². The zero-order valence-electron chi connectivity index (χ0n) is 20.8. The van der Waals surface area contributed by atoms with Crippen molar-refractivity contribution in [2.24, 2.45) is 0 Å². The molecule has 0 bridgehead atoms. The number of ether oxygens (including phenoxy) is 1. The Balaban J connectivity index is 0.00000544. The Bertz CT molecular complexity index is 857. The number of rotatable bonds is 13. The van der Waals surface area contributed by atoms with Crippen LogP contribution in [0.5, 0.6) is 0 Å². The Morgan fingerprint density at radius 2 is 1.65 bits per heavy atom. The second-order valence-corrected chi connectivity index (χ2v) is 7.67. The number of nitrogens with one attached hydrogen (secondary N) is 1. The van der Waals surface area contributed by atoms with Gasteiger partial charge in [0.2, 0.25) is 0 Å². The number of nitrogens with zero attached hydrogens (tertiary/aromatic N) is 2. The molecule has 0 aliphatic heterocycles. The minimum atomic E-state index is -0.590. The molecule has 0 unspecified atom stereocenters. The summed E-state index contributed by atoms with van der Waals surface area (Å²) >= 11 is 0. The molecule has 0 aromatic heterocycles. The summed E-state index contributed by atoms with van der Waals surface area (Å²) in [6.07, 6.45) is 4.41. The minimum absolute atomic E-state index is 0. The molecule has 10 heteroatoms. The first-order valence-corrected chi connectivity index (χ1v) is 11.0. The molecule has 0 fully saturated rings. The third-order valence-corrected chi connectivity index (χ3v) is 5.07. The standard InChI is InChI=1S/C24H33N3O5.2Rb/c1-17(28)6-5-14-32-15-13-26-22(29)16-23(30)27-19-11-9-18(10-12-19)24(31)20-7-3-4-8-21(20)25-2;;/h9-12H,3-8,13-16H2,1-2H3,(H3,25,26,27,29,30,31);;/q;2*+1/p-2. The molecule has 1 aromatic carbocycles. The summed E-state index contributed by atoms with van der Waals surface area (Å²) in [5.41, 5.74) is 2.75. The van der Waals surface area contributed by atoms with Gasteiger partial charge in [0, 0.05) is 49.9 Å². The Labute approximate surface area is 299 Å². The van der Waals surface area contributed by atoms with Crippen LogP contribution >= 0.6 is 0 Å². The molecule has 0 saturated heterocycles. The summed E-state index contributed by atoms with van der Waals surface area (Å²) in [7, 11) is 1.83. The van der Waals surface area contributed by atoms with Gasteiger partial charge in [-0.05, 0) is 39.0 Å². The van der Waals surface area contributed by atoms with E-state index >= 15 is 0 Å². The Kier molecular flexibility index (Phi) is 20.0. The van der Waals surface area contributed by atoms with Gasteiger partial charge in [0.15, 0.2) is 5.78 Å². The monoisotopic (exact) mass is 611 g/mol. The van der Waals surface area contributed by atoms with Crippen LogP contribution in [0.3, 0.4) is 0 Å². The maximum Gasteiger partial charge on any atom is 1.00 e. The van der Waals surface area contributed by atoms with Crippen LogP contribution in [0.25, 0.3) is 10.6 Å². The van der Waals surface area contributed by atoms with Crippen LogP contribution in [0.1, 0.15) is 62.2 Å². The first-order valence-electron chi connectivity index (χ1n) is 11.0. The molecule has 174 valence electrons. The van der Waals surface area contributed by atoms with Crippen molar-refractivity contribution < 1.29 is 140 Å². The van der Waals surface area contributed by atoms with Crippen LogP contribution in [0.15, 0.2) is 35.5 Å². The minimum Gasteiger partial charge on any atom is -0.651 e. The molecule has 1 aromatic rings. The molecule has 0 spiro atoms. The van der Waals surface area contributed by atoms with Gasteiger partial charge in [0.1, 0.15) is 5.78 Å². The molecule has 2 rings (SSSR count). The number of carbonyl (C=O) groups excluding carboxylic acids is 4. The van der Waals surface area contributed by atoms with Gasteiger partial charge in [0.25, 0.3) is 0 Å². The van der Waals surface area contributed by atoms with Crippen molar-refractivity contribution in [2.75, 3.05) is 26.8 Å². The van der Waals surface area contributed by atoms with E-state index < -0.39 is 18.2 Å². The van der Waals surface area contributed by atoms with E-state index in [2.05, 4.69) is 16.0 Å². The zero-order chi connectivity index (χ0) is 23.3. The summed E-state index contributed by atoms with van der Waals surface area (Å²) in [6, 6.07) is 6.51. The van der Waals surface area contributed by atoms with Crippen molar-refractivity contribution in [3.63, 3.8) is 0 Å². The number of amides is 2. The molecule has 1 aliphatic rings. The average Bonchev–Trinajstić information content (AvgIpc) is 2.78. The Morgan fingerprint density at radius 1 is 0.971 bits per heavy atom. The van der Waals surface area contributed by atoms with E-state index in [4.69, 9.17) is 4.74 Å². The fourth-order valence-corrected chi connectivity index (χ4v) is 3.42. The number of ketones is 2. The zero-order valence-corrected chi connectivity index (χ0v) is 30.6. The maximum absolute atomic E-state index is 12.8. The van der Waals surface area contributed by atoms with Crippen LogP contribution < -0.4 is 122 Å². The Morgan fingerprint density at radius 3 is 2.29 bits per heavy atom. The van der Waals surface area contributed by atoms with Crippen LogP contribution in [0.2, 0.25) is 0 Å². The second-order valence-electron chi connectivity index (χ2n) is 7.67. The predicted octanol–water partition coefficient (Wildman–Crippen LogP) is -1.87. The Hall–Kier alpha value is 0.610. The van der Waals surface area contributed by atoms with Crippen molar-refractivity contribution >= 4 is 29.1 Å². The van der Waals surface area contributed by atoms with E-state index in [0.29, 0.717) is 30.7 Å². The SMILES string of the molecule is CNC1=C(C(=O)c2ccc([N-]C(=O)CC(=O)[N-]CCOCCCC(C)=O)cc2)CCCC1.[Rb+].[Rb+]. The van der Waals surface area contributed by atoms with Crippen LogP contribution in [0.4, 0.5) is 5.69 Å². The molecular formula is C24H31N3O5Rb2. The summed E-state index contributed by atoms with van der Waals surface area (Å²) in [5.74, 6) is -1.04. The third-order valence-electron chi connectivity index (χ3n) is 5.07. The van der Waals surface area contributed by atoms with Gasteiger partial charge in [-0.25, -0.2) is 0 Å². The molecule has 2 amide bonds. The molecule has 0 heterocycles. The van der Waals surface area contributed by atoms with Crippen LogP contribution in [0, 0.1) is 0 Å². The van der Waals surface area contributed by atoms with Gasteiger partial charge in [-0.3, -0.25) is 4.79 Å². The molecule has 0 atom stereocenters. The van der Waals surface area contributed by atoms with E-state index in [1.807, 2.05) is 7.05 Å². The number of benzene rings is 1. The number of hydrogen-bond donors (Lipinski definition) is 1. The maximum atomic E-state index is 12.8. The van der Waals surface area contributed by atoms with Gasteiger partial charge in [-0.2, -0.15) is 0 Å². The van der Waals surface area contributed by atoms with E-state index in [-0.39, 0.29) is 141 Å². The van der Waals surface area contributed by atoms with Gasteiger partial charge < -0.3 is 35.1 Å². The topological polar surface area (TPSA) is 118 Å². The normalized spacial score (nSPS) is 12.6. The molecular weight excluding hydrogens is 581 g/mol. The van der Waals surface area contributed by atoms with Gasteiger partial charge in [0.05, 0.1) is 11.8 Å². The van der Waals surface area contributed by atoms with Gasteiger partial charge in [-0.1, -0.05) is 24.3 Å². The molecule has 0 radical (unpaired) electrons. The van der Waals surface area contributed by atoms with Crippen molar-refractivity contribution in [1.29, 1.82) is 0 Å². The van der Waals surface area contributed by atoms with E-state index in [9.17, 15) is 19.2 Å². The molecule has 0 saturated carbocycles. The molecule has 1 aliphatic carbocycles. The fourth-order valence-electron chi connectivity index (χ4n) is 3.42. The summed E-state index contributed by atoms with van der Waals surface area (Å²) in [5, 5.41) is 10.8. The second kappa shape index (κ2) is 19.7. The summed E-state index contributed by atoms with van der Waals surface area (Å²) in [4.78, 5) is 47.4. The fraction of sp³-hybridized carbons (Fsp3) is 0.500. The van der Waals surface area contributed by atoms with Crippen molar-refractivity contribution in [3.05, 3.63) is 51.7 Å². The molecule has 1 N–H and O–H groups in total. The molecule has 8 nitrogen and oxygen atoms in total.